The number of para-hydroxylation sites is 1. The third-order valence-corrected chi connectivity index (χ3v) is 10.9. The summed E-state index contributed by atoms with van der Waals surface area (Å²) in [4.78, 5) is 10.3. The van der Waals surface area contributed by atoms with Gasteiger partial charge < -0.3 is 5.11 Å². The summed E-state index contributed by atoms with van der Waals surface area (Å²) in [5.41, 5.74) is 11.3. The molecule has 0 saturated heterocycles. The number of phenols is 1. The fourth-order valence-electron chi connectivity index (χ4n) is 6.69. The Balaban J connectivity index is 1.33. The molecule has 0 amide bonds. The first-order valence-corrected chi connectivity index (χ1v) is 18.9. The van der Waals surface area contributed by atoms with Crippen molar-refractivity contribution in [3.63, 3.8) is 0 Å². The van der Waals surface area contributed by atoms with Gasteiger partial charge >= 0.3 is 0 Å². The van der Waals surface area contributed by atoms with Crippen molar-refractivity contribution in [3.8, 4) is 38.6 Å². The van der Waals surface area contributed by atoms with Crippen molar-refractivity contribution in [2.45, 2.75) is 78.6 Å². The number of benzene rings is 6. The second-order valence-electron chi connectivity index (χ2n) is 17.0. The zero-order valence-electron chi connectivity index (χ0n) is 31.8. The number of aromatic nitrogens is 1. The molecule has 0 bridgehead atoms. The molecule has 0 unspecified atom stereocenters. The Kier molecular flexibility index (Phi) is 8.95. The summed E-state index contributed by atoms with van der Waals surface area (Å²) in [5, 5.41) is 14.8. The topological polar surface area (TPSA) is 45.5 Å². The molecule has 1 aromatic heterocycles. The normalized spacial score (nSPS) is 12.7. The Bertz CT molecular complexity index is 2470. The summed E-state index contributed by atoms with van der Waals surface area (Å²) in [6.07, 6.45) is 1.81. The predicted octanol–water partition coefficient (Wildman–Crippen LogP) is 13.8. The van der Waals surface area contributed by atoms with Crippen molar-refractivity contribution < 1.29 is 5.11 Å². The van der Waals surface area contributed by atoms with Crippen LogP contribution in [-0.2, 0) is 16.2 Å². The molecule has 0 atom stereocenters. The van der Waals surface area contributed by atoms with Crippen LogP contribution in [0.4, 0.5) is 5.69 Å². The molecule has 3 nitrogen and oxygen atoms in total. The van der Waals surface area contributed by atoms with Crippen molar-refractivity contribution in [1.29, 1.82) is 0 Å². The maximum atomic E-state index is 11.4. The van der Waals surface area contributed by atoms with E-state index in [9.17, 15) is 5.11 Å². The van der Waals surface area contributed by atoms with Crippen molar-refractivity contribution in [1.82, 2.24) is 4.98 Å². The monoisotopic (exact) mass is 700 g/mol. The summed E-state index contributed by atoms with van der Waals surface area (Å²) >= 11 is 1.71. The van der Waals surface area contributed by atoms with Gasteiger partial charge in [0.05, 0.1) is 15.9 Å². The highest BCUT2D eigenvalue weighted by Gasteiger charge is 2.25. The number of nitrogens with zero attached hydrogens (tertiary/aromatic N) is 2. The van der Waals surface area contributed by atoms with Crippen molar-refractivity contribution in [3.05, 3.63) is 138 Å². The first-order valence-electron chi connectivity index (χ1n) is 18.1. The number of thiazole rings is 1. The zero-order chi connectivity index (χ0) is 37.0. The van der Waals surface area contributed by atoms with Crippen LogP contribution in [0.15, 0.2) is 120 Å². The van der Waals surface area contributed by atoms with Crippen LogP contribution in [0.25, 0.3) is 53.8 Å². The van der Waals surface area contributed by atoms with Crippen LogP contribution < -0.4 is 0 Å². The van der Waals surface area contributed by atoms with Gasteiger partial charge in [-0.05, 0) is 97.3 Å². The molecular weight excluding hydrogens is 653 g/mol. The molecule has 262 valence electrons. The third-order valence-electron chi connectivity index (χ3n) is 9.91. The van der Waals surface area contributed by atoms with E-state index in [1.54, 1.807) is 11.3 Å². The largest absolute Gasteiger partial charge is 0.507 e. The van der Waals surface area contributed by atoms with Crippen molar-refractivity contribution >= 4 is 44.2 Å². The van der Waals surface area contributed by atoms with Crippen LogP contribution >= 0.6 is 11.3 Å². The van der Waals surface area contributed by atoms with E-state index in [1.165, 1.54) is 33.0 Å². The summed E-state index contributed by atoms with van der Waals surface area (Å²) in [6, 6.07) is 41.1. The van der Waals surface area contributed by atoms with E-state index in [4.69, 9.17) is 9.98 Å². The zero-order valence-corrected chi connectivity index (χ0v) is 32.6. The molecule has 7 aromatic rings. The van der Waals surface area contributed by atoms with Crippen LogP contribution in [0.5, 0.6) is 5.75 Å². The molecule has 0 radical (unpaired) electrons. The lowest BCUT2D eigenvalue weighted by molar-refractivity contribution is 0.444. The van der Waals surface area contributed by atoms with Gasteiger partial charge in [-0.1, -0.05) is 135 Å². The van der Waals surface area contributed by atoms with E-state index < -0.39 is 0 Å². The molecule has 6 aromatic carbocycles. The molecule has 0 aliphatic carbocycles. The van der Waals surface area contributed by atoms with E-state index in [0.717, 1.165) is 48.7 Å². The van der Waals surface area contributed by atoms with Crippen LogP contribution in [0.1, 0.15) is 84.6 Å². The second-order valence-corrected chi connectivity index (χ2v) is 18.0. The maximum Gasteiger partial charge on any atom is 0.128 e. The minimum Gasteiger partial charge on any atom is -0.507 e. The molecule has 0 aliphatic heterocycles. The average Bonchev–Trinajstić information content (AvgIpc) is 3.54. The van der Waals surface area contributed by atoms with E-state index in [1.807, 2.05) is 24.4 Å². The van der Waals surface area contributed by atoms with Gasteiger partial charge in [-0.25, -0.2) is 4.98 Å². The molecule has 0 fully saturated rings. The van der Waals surface area contributed by atoms with Crippen LogP contribution in [0.2, 0.25) is 0 Å². The number of rotatable bonds is 5. The van der Waals surface area contributed by atoms with E-state index in [0.29, 0.717) is 0 Å². The molecule has 0 aliphatic rings. The molecule has 1 N–H and O–H groups in total. The smallest absolute Gasteiger partial charge is 0.128 e. The number of hydrogen-bond acceptors (Lipinski definition) is 4. The van der Waals surface area contributed by atoms with E-state index in [-0.39, 0.29) is 22.0 Å². The van der Waals surface area contributed by atoms with Crippen LogP contribution in [0, 0.1) is 0 Å². The van der Waals surface area contributed by atoms with Gasteiger partial charge in [0, 0.05) is 28.5 Å². The molecule has 7 rings (SSSR count). The molecule has 0 saturated carbocycles. The summed E-state index contributed by atoms with van der Waals surface area (Å²) in [7, 11) is 0. The van der Waals surface area contributed by atoms with Crippen LogP contribution in [0.3, 0.4) is 0 Å². The number of aromatic hydroxyl groups is 1. The van der Waals surface area contributed by atoms with Gasteiger partial charge in [0.25, 0.3) is 0 Å². The molecule has 52 heavy (non-hydrogen) atoms. The maximum absolute atomic E-state index is 11.4. The molecule has 0 spiro atoms. The average molecular weight is 701 g/mol. The number of phenolic OH excluding ortho intramolecular Hbond substituents is 1. The summed E-state index contributed by atoms with van der Waals surface area (Å²) < 4.78 is 1.15. The Morgan fingerprint density at radius 2 is 1.19 bits per heavy atom. The molecular formula is C48H48N2OS. The minimum absolute atomic E-state index is 0.0355. The Hall–Kier alpha value is -5.06. The number of aliphatic imine (C=N–C) groups is 1. The first kappa shape index (κ1) is 35.3. The standard InChI is InChI=1S/C48H48N2OS/c1-46(2,3)36-25-35(44(51)40(27-36)48(7,8)9)29-49-41-18-14-13-17-38(41)45-50-43-39(26-37(47(4,5)6)28-42(43)52-45)34-22-21-32-23-31(19-20-33(32)24-34)30-15-11-10-12-16-30/h10-29,51H,1-9H3. The van der Waals surface area contributed by atoms with Gasteiger partial charge in [0.1, 0.15) is 10.8 Å². The quantitative estimate of drug-likeness (QED) is 0.182. The van der Waals surface area contributed by atoms with E-state index >= 15 is 0 Å². The fraction of sp³-hybridized carbons (Fsp3) is 0.250. The molecule has 1 heterocycles. The SMILES string of the molecule is CC(C)(C)c1cc(C=Nc2ccccc2-c2nc3c(-c4ccc5cc(-c6ccccc6)ccc5c4)cc(C(C)(C)C)cc3s2)c(O)c(C(C)(C)C)c1. The lowest BCUT2D eigenvalue weighted by atomic mass is 9.79. The Morgan fingerprint density at radius 1 is 0.577 bits per heavy atom. The van der Waals surface area contributed by atoms with Gasteiger partial charge in [-0.2, -0.15) is 0 Å². The Morgan fingerprint density at radius 3 is 1.87 bits per heavy atom. The lowest BCUT2D eigenvalue weighted by Crippen LogP contribution is -2.17. The van der Waals surface area contributed by atoms with Crippen molar-refractivity contribution in [2.24, 2.45) is 4.99 Å². The number of fused-ring (bicyclic) bond motifs is 2. The predicted molar refractivity (Wildman–Crippen MR) is 225 cm³/mol. The third kappa shape index (κ3) is 7.05. The highest BCUT2D eigenvalue weighted by Crippen LogP contribution is 2.43. The van der Waals surface area contributed by atoms with Gasteiger partial charge in [0.2, 0.25) is 0 Å². The van der Waals surface area contributed by atoms with E-state index in [2.05, 4.69) is 159 Å². The lowest BCUT2D eigenvalue weighted by Gasteiger charge is -2.27. The van der Waals surface area contributed by atoms with Crippen molar-refractivity contribution in [2.75, 3.05) is 0 Å². The highest BCUT2D eigenvalue weighted by molar-refractivity contribution is 7.21. The fourth-order valence-corrected chi connectivity index (χ4v) is 7.75. The van der Waals surface area contributed by atoms with Gasteiger partial charge in [-0.15, -0.1) is 11.3 Å². The Labute approximate surface area is 312 Å². The summed E-state index contributed by atoms with van der Waals surface area (Å²) in [5.74, 6) is 0.285. The van der Waals surface area contributed by atoms with Crippen LogP contribution in [-0.4, -0.2) is 16.3 Å². The van der Waals surface area contributed by atoms with Gasteiger partial charge in [-0.3, -0.25) is 4.99 Å². The summed E-state index contributed by atoms with van der Waals surface area (Å²) in [6.45, 7) is 19.8. The highest BCUT2D eigenvalue weighted by atomic mass is 32.1. The molecule has 4 heteroatoms. The minimum atomic E-state index is -0.216. The first-order chi connectivity index (χ1) is 24.6. The second kappa shape index (κ2) is 13.2. The number of hydrogen-bond donors (Lipinski definition) is 1. The van der Waals surface area contributed by atoms with Gasteiger partial charge in [0.15, 0.2) is 0 Å².